The van der Waals surface area contributed by atoms with Crippen LogP contribution in [0.3, 0.4) is 0 Å². The van der Waals surface area contributed by atoms with Crippen LogP contribution < -0.4 is 10.1 Å². The van der Waals surface area contributed by atoms with Crippen molar-refractivity contribution in [2.45, 2.75) is 47.1 Å². The number of nitrogens with one attached hydrogen (secondary N) is 1. The van der Waals surface area contributed by atoms with Gasteiger partial charge in [0, 0.05) is 6.04 Å². The number of rotatable bonds is 5. The van der Waals surface area contributed by atoms with E-state index in [9.17, 15) is 0 Å². The quantitative estimate of drug-likeness (QED) is 0.853. The largest absolute Gasteiger partial charge is 0.497 e. The number of ether oxygens (including phenoxy) is 1. The van der Waals surface area contributed by atoms with Gasteiger partial charge in [-0.3, -0.25) is 0 Å². The first-order valence-corrected chi connectivity index (χ1v) is 7.11. The minimum atomic E-state index is 0.343. The van der Waals surface area contributed by atoms with Crippen molar-refractivity contribution in [2.75, 3.05) is 14.2 Å². The van der Waals surface area contributed by atoms with Gasteiger partial charge >= 0.3 is 0 Å². The summed E-state index contributed by atoms with van der Waals surface area (Å²) in [6.07, 6.45) is 1.15. The molecule has 0 bridgehead atoms. The zero-order valence-corrected chi connectivity index (χ0v) is 13.5. The van der Waals surface area contributed by atoms with Gasteiger partial charge < -0.3 is 10.1 Å². The maximum Gasteiger partial charge on any atom is 0.119 e. The number of aryl methyl sites for hydroxylation is 1. The third-order valence-electron chi connectivity index (χ3n) is 4.27. The Morgan fingerprint density at radius 1 is 1.26 bits per heavy atom. The summed E-state index contributed by atoms with van der Waals surface area (Å²) in [5.41, 5.74) is 3.01. The predicted octanol–water partition coefficient (Wildman–Crippen LogP) is 4.34. The highest BCUT2D eigenvalue weighted by Crippen LogP contribution is 2.34. The lowest BCUT2D eigenvalue weighted by atomic mass is 9.77. The van der Waals surface area contributed by atoms with Gasteiger partial charge in [-0.05, 0) is 55.0 Å². The van der Waals surface area contributed by atoms with Gasteiger partial charge in [0.25, 0.3) is 0 Å². The molecule has 0 saturated heterocycles. The molecule has 0 amide bonds. The Morgan fingerprint density at radius 2 is 1.89 bits per heavy atom. The fraction of sp³-hybridized carbons (Fsp3) is 0.647. The third kappa shape index (κ3) is 4.24. The molecule has 1 aromatic rings. The van der Waals surface area contributed by atoms with Crippen LogP contribution in [-0.4, -0.2) is 14.2 Å². The molecule has 2 unspecified atom stereocenters. The molecule has 1 aromatic carbocycles. The zero-order valence-electron chi connectivity index (χ0n) is 13.5. The molecule has 0 aliphatic rings. The van der Waals surface area contributed by atoms with Gasteiger partial charge in [-0.1, -0.05) is 33.8 Å². The molecular formula is C17H29NO. The van der Waals surface area contributed by atoms with Gasteiger partial charge in [0.15, 0.2) is 0 Å². The fourth-order valence-electron chi connectivity index (χ4n) is 2.27. The van der Waals surface area contributed by atoms with E-state index in [1.807, 2.05) is 7.05 Å². The highest BCUT2D eigenvalue weighted by molar-refractivity contribution is 5.36. The molecule has 108 valence electrons. The molecule has 1 rings (SSSR count). The Hall–Kier alpha value is -1.02. The summed E-state index contributed by atoms with van der Waals surface area (Å²) in [7, 11) is 3.76. The van der Waals surface area contributed by atoms with Crippen molar-refractivity contribution >= 4 is 0 Å². The van der Waals surface area contributed by atoms with Crippen LogP contribution in [0.15, 0.2) is 18.2 Å². The second kappa shape index (κ2) is 6.42. The molecule has 0 spiro atoms. The second-order valence-corrected chi connectivity index (χ2v) is 6.57. The molecule has 2 atom stereocenters. The zero-order chi connectivity index (χ0) is 14.6. The molecule has 2 heteroatoms. The summed E-state index contributed by atoms with van der Waals surface area (Å²) in [6, 6.07) is 6.75. The molecule has 0 aromatic heterocycles. The molecule has 0 heterocycles. The lowest BCUT2D eigenvalue weighted by Crippen LogP contribution is -2.25. The highest BCUT2D eigenvalue weighted by atomic mass is 16.5. The summed E-state index contributed by atoms with van der Waals surface area (Å²) in [5.74, 6) is 1.59. The van der Waals surface area contributed by atoms with Gasteiger partial charge in [0.1, 0.15) is 5.75 Å². The van der Waals surface area contributed by atoms with Crippen LogP contribution in [0.1, 0.15) is 51.3 Å². The molecular weight excluding hydrogens is 234 g/mol. The molecule has 0 aliphatic heterocycles. The average Bonchev–Trinajstić information content (AvgIpc) is 2.34. The molecule has 0 saturated carbocycles. The number of hydrogen-bond donors (Lipinski definition) is 1. The van der Waals surface area contributed by atoms with Crippen LogP contribution in [0.25, 0.3) is 0 Å². The normalized spacial score (nSPS) is 15.1. The monoisotopic (exact) mass is 263 g/mol. The third-order valence-corrected chi connectivity index (χ3v) is 4.27. The lowest BCUT2D eigenvalue weighted by molar-refractivity contribution is 0.226. The maximum absolute atomic E-state index is 5.28. The smallest absolute Gasteiger partial charge is 0.119 e. The van der Waals surface area contributed by atoms with Gasteiger partial charge in [-0.2, -0.15) is 0 Å². The van der Waals surface area contributed by atoms with Crippen molar-refractivity contribution in [1.29, 1.82) is 0 Å². The van der Waals surface area contributed by atoms with Crippen LogP contribution in [0.4, 0.5) is 0 Å². The summed E-state index contributed by atoms with van der Waals surface area (Å²) in [6.45, 7) is 11.4. The fourth-order valence-corrected chi connectivity index (χ4v) is 2.27. The van der Waals surface area contributed by atoms with Crippen molar-refractivity contribution in [3.8, 4) is 5.75 Å². The first kappa shape index (κ1) is 16.0. The van der Waals surface area contributed by atoms with Crippen molar-refractivity contribution in [3.05, 3.63) is 29.3 Å². The Kier molecular flexibility index (Phi) is 5.42. The molecule has 1 N–H and O–H groups in total. The SMILES string of the molecule is CNC(CC(C)C(C)(C)C)c1ccc(OC)cc1C. The lowest BCUT2D eigenvalue weighted by Gasteiger charge is -2.31. The molecule has 0 aliphatic carbocycles. The first-order valence-electron chi connectivity index (χ1n) is 7.11. The highest BCUT2D eigenvalue weighted by Gasteiger charge is 2.24. The van der Waals surface area contributed by atoms with Crippen LogP contribution in [0.2, 0.25) is 0 Å². The Labute approximate surface area is 118 Å². The number of methoxy groups -OCH3 is 1. The summed E-state index contributed by atoms with van der Waals surface area (Å²) in [4.78, 5) is 0. The summed E-state index contributed by atoms with van der Waals surface area (Å²) < 4.78 is 5.28. The van der Waals surface area contributed by atoms with Crippen molar-refractivity contribution < 1.29 is 4.74 Å². The standard InChI is InChI=1S/C17H29NO/c1-12-10-14(19-7)8-9-15(12)16(18-6)11-13(2)17(3,4)5/h8-10,13,16,18H,11H2,1-7H3. The summed E-state index contributed by atoms with van der Waals surface area (Å²) in [5, 5.41) is 3.46. The predicted molar refractivity (Wildman–Crippen MR) is 82.8 cm³/mol. The van der Waals surface area contributed by atoms with E-state index in [1.54, 1.807) is 7.11 Å². The van der Waals surface area contributed by atoms with E-state index in [2.05, 4.69) is 58.1 Å². The van der Waals surface area contributed by atoms with E-state index in [1.165, 1.54) is 11.1 Å². The van der Waals surface area contributed by atoms with E-state index < -0.39 is 0 Å². The second-order valence-electron chi connectivity index (χ2n) is 6.57. The first-order chi connectivity index (χ1) is 8.79. The Balaban J connectivity index is 2.92. The van der Waals surface area contributed by atoms with Crippen LogP contribution >= 0.6 is 0 Å². The minimum Gasteiger partial charge on any atom is -0.497 e. The average molecular weight is 263 g/mol. The van der Waals surface area contributed by atoms with Gasteiger partial charge in [0.05, 0.1) is 7.11 Å². The van der Waals surface area contributed by atoms with Gasteiger partial charge in [-0.25, -0.2) is 0 Å². The molecule has 2 nitrogen and oxygen atoms in total. The topological polar surface area (TPSA) is 21.3 Å². The number of hydrogen-bond acceptors (Lipinski definition) is 2. The van der Waals surface area contributed by atoms with Crippen LogP contribution in [0, 0.1) is 18.3 Å². The van der Waals surface area contributed by atoms with E-state index in [4.69, 9.17) is 4.74 Å². The molecule has 0 radical (unpaired) electrons. The van der Waals surface area contributed by atoms with Crippen molar-refractivity contribution in [1.82, 2.24) is 5.32 Å². The Bertz CT molecular complexity index is 406. The minimum absolute atomic E-state index is 0.343. The molecule has 0 fully saturated rings. The van der Waals surface area contributed by atoms with E-state index in [-0.39, 0.29) is 0 Å². The van der Waals surface area contributed by atoms with Gasteiger partial charge in [-0.15, -0.1) is 0 Å². The molecule has 19 heavy (non-hydrogen) atoms. The van der Waals surface area contributed by atoms with Crippen molar-refractivity contribution in [3.63, 3.8) is 0 Å². The maximum atomic E-state index is 5.28. The summed E-state index contributed by atoms with van der Waals surface area (Å²) >= 11 is 0. The van der Waals surface area contributed by atoms with Crippen LogP contribution in [0.5, 0.6) is 5.75 Å². The van der Waals surface area contributed by atoms with Gasteiger partial charge in [0.2, 0.25) is 0 Å². The van der Waals surface area contributed by atoms with E-state index in [0.29, 0.717) is 17.4 Å². The number of benzene rings is 1. The van der Waals surface area contributed by atoms with Crippen LogP contribution in [-0.2, 0) is 0 Å². The van der Waals surface area contributed by atoms with E-state index in [0.717, 1.165) is 12.2 Å². The van der Waals surface area contributed by atoms with E-state index >= 15 is 0 Å². The van der Waals surface area contributed by atoms with Crippen molar-refractivity contribution in [2.24, 2.45) is 11.3 Å². The Morgan fingerprint density at radius 3 is 2.32 bits per heavy atom.